The highest BCUT2D eigenvalue weighted by atomic mass is 19.1. The number of hydrogen-bond acceptors (Lipinski definition) is 4. The summed E-state index contributed by atoms with van der Waals surface area (Å²) in [6.45, 7) is 1.50. The highest BCUT2D eigenvalue weighted by Gasteiger charge is 2.06. The first-order chi connectivity index (χ1) is 9.74. The molecule has 0 radical (unpaired) electrons. The number of ether oxygens (including phenoxy) is 2. The van der Waals surface area contributed by atoms with Gasteiger partial charge in [-0.05, 0) is 18.6 Å². The second-order valence-electron chi connectivity index (χ2n) is 4.26. The van der Waals surface area contributed by atoms with E-state index in [1.165, 1.54) is 13.2 Å². The lowest BCUT2D eigenvalue weighted by Crippen LogP contribution is -2.05. The van der Waals surface area contributed by atoms with Gasteiger partial charge >= 0.3 is 0 Å². The standard InChI is InChI=1S/C14H18FN3O2/c1-19-9-3-7-18-8-6-16-14(18)17-11-4-5-12(15)13(10-11)20-2/h4-6,8,10H,3,7,9H2,1-2H3,(H,16,17). The molecule has 2 aromatic rings. The van der Waals surface area contributed by atoms with E-state index >= 15 is 0 Å². The van der Waals surface area contributed by atoms with Crippen molar-refractivity contribution < 1.29 is 13.9 Å². The van der Waals surface area contributed by atoms with Crippen LogP contribution in [0.25, 0.3) is 0 Å². The Hall–Kier alpha value is -2.08. The van der Waals surface area contributed by atoms with E-state index in [4.69, 9.17) is 9.47 Å². The topological polar surface area (TPSA) is 48.3 Å². The Balaban J connectivity index is 2.08. The number of nitrogens with one attached hydrogen (secondary N) is 1. The van der Waals surface area contributed by atoms with E-state index in [2.05, 4.69) is 10.3 Å². The summed E-state index contributed by atoms with van der Waals surface area (Å²) in [7, 11) is 3.12. The summed E-state index contributed by atoms with van der Waals surface area (Å²) in [5.41, 5.74) is 0.724. The van der Waals surface area contributed by atoms with E-state index < -0.39 is 0 Å². The van der Waals surface area contributed by atoms with Crippen molar-refractivity contribution in [3.8, 4) is 5.75 Å². The summed E-state index contributed by atoms with van der Waals surface area (Å²) in [6, 6.07) is 4.61. The van der Waals surface area contributed by atoms with Crippen LogP contribution in [0.1, 0.15) is 6.42 Å². The molecule has 1 N–H and O–H groups in total. The molecule has 0 atom stereocenters. The average Bonchev–Trinajstić information content (AvgIpc) is 2.88. The molecule has 0 fully saturated rings. The number of rotatable bonds is 7. The second-order valence-corrected chi connectivity index (χ2v) is 4.26. The molecule has 0 aliphatic heterocycles. The summed E-state index contributed by atoms with van der Waals surface area (Å²) < 4.78 is 25.3. The highest BCUT2D eigenvalue weighted by Crippen LogP contribution is 2.23. The number of anilines is 2. The van der Waals surface area contributed by atoms with Gasteiger partial charge in [-0.2, -0.15) is 0 Å². The maximum atomic E-state index is 13.3. The van der Waals surface area contributed by atoms with Gasteiger partial charge in [-0.25, -0.2) is 9.37 Å². The maximum absolute atomic E-state index is 13.3. The van der Waals surface area contributed by atoms with Gasteiger partial charge < -0.3 is 19.4 Å². The van der Waals surface area contributed by atoms with Crippen molar-refractivity contribution in [2.45, 2.75) is 13.0 Å². The maximum Gasteiger partial charge on any atom is 0.207 e. The van der Waals surface area contributed by atoms with Gasteiger partial charge in [0.15, 0.2) is 11.6 Å². The Kier molecular flexibility index (Phi) is 4.95. The van der Waals surface area contributed by atoms with Gasteiger partial charge in [0.25, 0.3) is 0 Å². The van der Waals surface area contributed by atoms with Gasteiger partial charge in [-0.15, -0.1) is 0 Å². The number of benzene rings is 1. The normalized spacial score (nSPS) is 10.6. The molecule has 1 aromatic carbocycles. The van der Waals surface area contributed by atoms with Crippen LogP contribution in [-0.4, -0.2) is 30.4 Å². The first-order valence-electron chi connectivity index (χ1n) is 6.35. The summed E-state index contributed by atoms with van der Waals surface area (Å²) in [5.74, 6) is 0.517. The monoisotopic (exact) mass is 279 g/mol. The Morgan fingerprint density at radius 1 is 1.35 bits per heavy atom. The van der Waals surface area contributed by atoms with Crippen LogP contribution in [-0.2, 0) is 11.3 Å². The van der Waals surface area contributed by atoms with E-state index in [-0.39, 0.29) is 11.6 Å². The number of aryl methyl sites for hydroxylation is 1. The molecule has 0 aliphatic carbocycles. The molecule has 0 saturated carbocycles. The minimum absolute atomic E-state index is 0.201. The number of aromatic nitrogens is 2. The second kappa shape index (κ2) is 6.91. The van der Waals surface area contributed by atoms with Crippen molar-refractivity contribution in [1.82, 2.24) is 9.55 Å². The fourth-order valence-electron chi connectivity index (χ4n) is 1.86. The van der Waals surface area contributed by atoms with Gasteiger partial charge in [-0.1, -0.05) is 0 Å². The number of halogens is 1. The average molecular weight is 279 g/mol. The zero-order chi connectivity index (χ0) is 14.4. The molecule has 5 nitrogen and oxygen atoms in total. The van der Waals surface area contributed by atoms with Crippen LogP contribution in [0.2, 0.25) is 0 Å². The van der Waals surface area contributed by atoms with Crippen LogP contribution in [0.3, 0.4) is 0 Å². The number of methoxy groups -OCH3 is 2. The van der Waals surface area contributed by atoms with Crippen LogP contribution >= 0.6 is 0 Å². The van der Waals surface area contributed by atoms with Crippen molar-refractivity contribution >= 4 is 11.6 Å². The molecule has 6 heteroatoms. The Bertz CT molecular complexity index is 557. The fraction of sp³-hybridized carbons (Fsp3) is 0.357. The van der Waals surface area contributed by atoms with E-state index in [0.717, 1.165) is 18.7 Å². The summed E-state index contributed by atoms with van der Waals surface area (Å²) in [4.78, 5) is 4.24. The van der Waals surface area contributed by atoms with E-state index in [1.54, 1.807) is 25.4 Å². The van der Waals surface area contributed by atoms with Crippen molar-refractivity contribution in [2.24, 2.45) is 0 Å². The first-order valence-corrected chi connectivity index (χ1v) is 6.35. The van der Waals surface area contributed by atoms with Gasteiger partial charge in [0, 0.05) is 44.4 Å². The van der Waals surface area contributed by atoms with E-state index in [9.17, 15) is 4.39 Å². The van der Waals surface area contributed by atoms with Gasteiger partial charge in [-0.3, -0.25) is 0 Å². The molecule has 1 heterocycles. The SMILES string of the molecule is COCCCn1ccnc1Nc1ccc(F)c(OC)c1. The third-order valence-electron chi connectivity index (χ3n) is 2.87. The molecule has 2 rings (SSSR count). The molecule has 0 bridgehead atoms. The third kappa shape index (κ3) is 3.48. The van der Waals surface area contributed by atoms with Gasteiger partial charge in [0.05, 0.1) is 7.11 Å². The molecule has 0 amide bonds. The lowest BCUT2D eigenvalue weighted by molar-refractivity contribution is 0.190. The molecule has 0 aliphatic rings. The Labute approximate surface area is 117 Å². The van der Waals surface area contributed by atoms with Gasteiger partial charge in [0.2, 0.25) is 5.95 Å². The lowest BCUT2D eigenvalue weighted by atomic mass is 10.3. The Morgan fingerprint density at radius 3 is 2.95 bits per heavy atom. The summed E-state index contributed by atoms with van der Waals surface area (Å²) in [6.07, 6.45) is 4.50. The number of nitrogens with zero attached hydrogens (tertiary/aromatic N) is 2. The predicted octanol–water partition coefficient (Wildman–Crippen LogP) is 2.81. The highest BCUT2D eigenvalue weighted by molar-refractivity contribution is 5.56. The van der Waals surface area contributed by atoms with Crippen molar-refractivity contribution in [3.63, 3.8) is 0 Å². The smallest absolute Gasteiger partial charge is 0.207 e. The number of imidazole rings is 1. The summed E-state index contributed by atoms with van der Waals surface area (Å²) >= 11 is 0. The molecular formula is C14H18FN3O2. The van der Waals surface area contributed by atoms with E-state index in [0.29, 0.717) is 12.6 Å². The molecular weight excluding hydrogens is 261 g/mol. The predicted molar refractivity (Wildman–Crippen MR) is 75.0 cm³/mol. The lowest BCUT2D eigenvalue weighted by Gasteiger charge is -2.11. The first kappa shape index (κ1) is 14.3. The van der Waals surface area contributed by atoms with Crippen LogP contribution in [0.5, 0.6) is 5.75 Å². The minimum atomic E-state index is -0.388. The Morgan fingerprint density at radius 2 is 2.20 bits per heavy atom. The largest absolute Gasteiger partial charge is 0.494 e. The summed E-state index contributed by atoms with van der Waals surface area (Å²) in [5, 5.41) is 3.15. The number of hydrogen-bond donors (Lipinski definition) is 1. The molecule has 0 saturated heterocycles. The zero-order valence-corrected chi connectivity index (χ0v) is 11.6. The van der Waals surface area contributed by atoms with E-state index in [1.807, 2.05) is 10.8 Å². The minimum Gasteiger partial charge on any atom is -0.494 e. The van der Waals surface area contributed by atoms with Gasteiger partial charge in [0.1, 0.15) is 0 Å². The molecule has 108 valence electrons. The third-order valence-corrected chi connectivity index (χ3v) is 2.87. The van der Waals surface area contributed by atoms with Crippen LogP contribution in [0, 0.1) is 5.82 Å². The van der Waals surface area contributed by atoms with Crippen LogP contribution in [0.15, 0.2) is 30.6 Å². The molecule has 0 unspecified atom stereocenters. The molecule has 20 heavy (non-hydrogen) atoms. The molecule has 1 aromatic heterocycles. The van der Waals surface area contributed by atoms with Crippen molar-refractivity contribution in [1.29, 1.82) is 0 Å². The fourth-order valence-corrected chi connectivity index (χ4v) is 1.86. The molecule has 0 spiro atoms. The zero-order valence-electron chi connectivity index (χ0n) is 11.6. The van der Waals surface area contributed by atoms with Crippen molar-refractivity contribution in [2.75, 3.05) is 26.1 Å². The quantitative estimate of drug-likeness (QED) is 0.792. The van der Waals surface area contributed by atoms with Crippen LogP contribution in [0.4, 0.5) is 16.0 Å². The van der Waals surface area contributed by atoms with Crippen LogP contribution < -0.4 is 10.1 Å². The van der Waals surface area contributed by atoms with Crippen molar-refractivity contribution in [3.05, 3.63) is 36.4 Å².